The van der Waals surface area contributed by atoms with E-state index in [1.807, 2.05) is 30.3 Å². The van der Waals surface area contributed by atoms with Crippen LogP contribution in [-0.4, -0.2) is 43.1 Å². The van der Waals surface area contributed by atoms with Crippen LogP contribution in [0.15, 0.2) is 30.3 Å². The average molecular weight is 716 g/mol. The Balaban J connectivity index is 2.30. The number of benzene rings is 1. The topological polar surface area (TPSA) is 109 Å². The fraction of sp³-hybridized carbons (Fsp3) is 0.795. The number of amides is 1. The highest BCUT2D eigenvalue weighted by atomic mass is 16.5. The average Bonchev–Trinajstić information content (AvgIpc) is 3.13. The first-order valence-corrected chi connectivity index (χ1v) is 21.4. The van der Waals surface area contributed by atoms with E-state index in [2.05, 4.69) is 24.9 Å². The molecule has 1 atom stereocenters. The van der Waals surface area contributed by atoms with E-state index in [0.717, 1.165) is 44.1 Å². The van der Waals surface area contributed by atoms with Gasteiger partial charge in [-0.15, -0.1) is 0 Å². The van der Waals surface area contributed by atoms with Gasteiger partial charge in [-0.2, -0.15) is 0 Å². The second-order valence-electron chi connectivity index (χ2n) is 14.9. The van der Waals surface area contributed by atoms with Crippen LogP contribution in [0.3, 0.4) is 0 Å². The lowest BCUT2D eigenvalue weighted by Gasteiger charge is -2.20. The molecule has 51 heavy (non-hydrogen) atoms. The first-order chi connectivity index (χ1) is 25.0. The lowest BCUT2D eigenvalue weighted by molar-refractivity contribution is -0.403. The molecule has 1 aromatic rings. The van der Waals surface area contributed by atoms with E-state index in [1.165, 1.54) is 128 Å². The first kappa shape index (κ1) is 46.6. The van der Waals surface area contributed by atoms with Crippen molar-refractivity contribution in [3.05, 3.63) is 35.9 Å². The Labute approximate surface area is 313 Å². The van der Waals surface area contributed by atoms with Crippen LogP contribution >= 0.6 is 0 Å². The minimum absolute atomic E-state index is 0.0207. The molecule has 0 bridgehead atoms. The van der Waals surface area contributed by atoms with Crippen molar-refractivity contribution in [3.8, 4) is 0 Å². The molecule has 0 fully saturated rings. The summed E-state index contributed by atoms with van der Waals surface area (Å²) in [5, 5.41) is 2.93. The zero-order chi connectivity index (χ0) is 37.0. The normalized spacial score (nSPS) is 11.8. The molecule has 1 rings (SSSR count). The molecular formula is C44H79N2O5+. The maximum absolute atomic E-state index is 13.0. The number of esters is 2. The summed E-state index contributed by atoms with van der Waals surface area (Å²) in [6.07, 6.45) is 33.8. The van der Waals surface area contributed by atoms with Crippen molar-refractivity contribution in [2.75, 3.05) is 13.2 Å². The number of rotatable bonds is 36. The molecule has 294 valence electrons. The molecule has 1 aromatic carbocycles. The summed E-state index contributed by atoms with van der Waals surface area (Å²) in [6, 6.07) is 8.64. The highest BCUT2D eigenvalue weighted by molar-refractivity contribution is 5.81. The van der Waals surface area contributed by atoms with E-state index in [4.69, 9.17) is 9.47 Å². The first-order valence-electron chi connectivity index (χ1n) is 21.4. The predicted molar refractivity (Wildman–Crippen MR) is 211 cm³/mol. The van der Waals surface area contributed by atoms with Gasteiger partial charge in [0.1, 0.15) is 13.2 Å². The number of carbonyl (C=O) groups excluding carboxylic acids is 3. The molecule has 0 saturated carbocycles. The Morgan fingerprint density at radius 1 is 0.529 bits per heavy atom. The molecule has 7 nitrogen and oxygen atoms in total. The van der Waals surface area contributed by atoms with E-state index >= 15 is 0 Å². The molecule has 0 heterocycles. The molecule has 1 amide bonds. The van der Waals surface area contributed by atoms with Crippen LogP contribution in [-0.2, 0) is 30.3 Å². The standard InChI is InChI=1S/C44H78N2O5/c1-3-5-7-9-11-13-15-17-19-21-23-25-30-34-42(47)50-37-40(46-44(49)41(45)36-39-32-28-27-29-33-39)38-51-43(48)35-31-26-24-22-20-18-16-14-12-10-8-6-4-2/h27-29,32-33,40-41H,3-26,30-31,34-38,45H2,1-2H3,(H,46,49)/p+1. The van der Waals surface area contributed by atoms with Gasteiger partial charge in [-0.1, -0.05) is 198 Å². The Kier molecular flexibility index (Phi) is 31.7. The fourth-order valence-electron chi connectivity index (χ4n) is 6.55. The van der Waals surface area contributed by atoms with Crippen LogP contribution in [0.2, 0.25) is 0 Å². The summed E-state index contributed by atoms with van der Waals surface area (Å²) >= 11 is 0. The zero-order valence-corrected chi connectivity index (χ0v) is 33.2. The van der Waals surface area contributed by atoms with Gasteiger partial charge in [-0.05, 0) is 18.4 Å². The highest BCUT2D eigenvalue weighted by Crippen LogP contribution is 2.15. The van der Waals surface area contributed by atoms with Gasteiger partial charge in [0.2, 0.25) is 0 Å². The maximum atomic E-state index is 13.0. The van der Waals surface area contributed by atoms with Crippen molar-refractivity contribution in [2.24, 2.45) is 0 Å². The summed E-state index contributed by atoms with van der Waals surface area (Å²) in [5.74, 6) is -0.791. The number of hydrogen-bond donors (Lipinski definition) is 2. The minimum atomic E-state index is -0.608. The van der Waals surface area contributed by atoms with Crippen LogP contribution in [0.25, 0.3) is 0 Å². The van der Waals surface area contributed by atoms with Crippen molar-refractivity contribution >= 4 is 17.8 Å². The third-order valence-corrected chi connectivity index (χ3v) is 9.90. The second kappa shape index (κ2) is 34.7. The predicted octanol–water partition coefficient (Wildman–Crippen LogP) is 10.4. The fourth-order valence-corrected chi connectivity index (χ4v) is 6.55. The van der Waals surface area contributed by atoms with Crippen LogP contribution in [0.1, 0.15) is 199 Å². The van der Waals surface area contributed by atoms with Crippen LogP contribution < -0.4 is 11.1 Å². The Bertz CT molecular complexity index is 910. The summed E-state index contributed by atoms with van der Waals surface area (Å²) < 4.78 is 11.1. The van der Waals surface area contributed by atoms with Gasteiger partial charge in [-0.25, -0.2) is 0 Å². The molecule has 0 aliphatic carbocycles. The number of ether oxygens (including phenoxy) is 2. The van der Waals surface area contributed by atoms with Crippen LogP contribution in [0, 0.1) is 0 Å². The monoisotopic (exact) mass is 716 g/mol. The Morgan fingerprint density at radius 3 is 1.22 bits per heavy atom. The lowest BCUT2D eigenvalue weighted by Crippen LogP contribution is -2.69. The molecule has 0 aliphatic heterocycles. The number of carbonyl (C=O) groups is 3. The SMILES string of the molecule is CCCCCCCCCCCCCCCC(=O)OCC(COC(=O)CCCCCCCCCCCCCCC)NC(=O)C([NH3+])Cc1ccccc1. The molecule has 4 N–H and O–H groups in total. The van der Waals surface area contributed by atoms with Gasteiger partial charge in [0.05, 0.1) is 6.04 Å². The van der Waals surface area contributed by atoms with Gasteiger partial charge < -0.3 is 20.5 Å². The maximum Gasteiger partial charge on any atom is 0.305 e. The van der Waals surface area contributed by atoms with E-state index < -0.39 is 12.1 Å². The molecule has 0 aliphatic rings. The summed E-state index contributed by atoms with van der Waals surface area (Å²) in [7, 11) is 0. The number of quaternary nitrogens is 1. The van der Waals surface area contributed by atoms with Gasteiger partial charge >= 0.3 is 11.9 Å². The van der Waals surface area contributed by atoms with Gasteiger partial charge in [0.25, 0.3) is 5.91 Å². The summed E-state index contributed by atoms with van der Waals surface area (Å²) in [6.45, 7) is 4.48. The highest BCUT2D eigenvalue weighted by Gasteiger charge is 2.23. The van der Waals surface area contributed by atoms with Crippen molar-refractivity contribution < 1.29 is 29.6 Å². The molecule has 1 unspecified atom stereocenters. The van der Waals surface area contributed by atoms with E-state index in [0.29, 0.717) is 19.3 Å². The smallest absolute Gasteiger partial charge is 0.305 e. The van der Waals surface area contributed by atoms with Crippen molar-refractivity contribution in [2.45, 2.75) is 212 Å². The van der Waals surface area contributed by atoms with Crippen LogP contribution in [0.4, 0.5) is 0 Å². The number of unbranched alkanes of at least 4 members (excludes halogenated alkanes) is 24. The Hall–Kier alpha value is -2.41. The largest absolute Gasteiger partial charge is 0.463 e. The van der Waals surface area contributed by atoms with E-state index in [1.54, 1.807) is 0 Å². The number of nitrogens with one attached hydrogen (secondary N) is 1. The lowest BCUT2D eigenvalue weighted by atomic mass is 10.0. The molecule has 0 spiro atoms. The number of hydrogen-bond acceptors (Lipinski definition) is 5. The van der Waals surface area contributed by atoms with Crippen molar-refractivity contribution in [1.82, 2.24) is 5.32 Å². The van der Waals surface area contributed by atoms with E-state index in [9.17, 15) is 14.4 Å². The molecule has 7 heteroatoms. The van der Waals surface area contributed by atoms with Gasteiger partial charge in [-0.3, -0.25) is 14.4 Å². The molecule has 0 radical (unpaired) electrons. The summed E-state index contributed by atoms with van der Waals surface area (Å²) in [4.78, 5) is 38.1. The molecule has 0 aromatic heterocycles. The quantitative estimate of drug-likeness (QED) is 0.0531. The van der Waals surface area contributed by atoms with Gasteiger partial charge in [0, 0.05) is 19.3 Å². The van der Waals surface area contributed by atoms with E-state index in [-0.39, 0.29) is 31.1 Å². The zero-order valence-electron chi connectivity index (χ0n) is 33.2. The second-order valence-corrected chi connectivity index (χ2v) is 14.9. The summed E-state index contributed by atoms with van der Waals surface area (Å²) in [5.41, 5.74) is 5.07. The minimum Gasteiger partial charge on any atom is -0.463 e. The third-order valence-electron chi connectivity index (χ3n) is 9.90. The third kappa shape index (κ3) is 29.8. The Morgan fingerprint density at radius 2 is 0.863 bits per heavy atom. The van der Waals surface area contributed by atoms with Crippen LogP contribution in [0.5, 0.6) is 0 Å². The molecular weight excluding hydrogens is 636 g/mol. The van der Waals surface area contributed by atoms with Crippen molar-refractivity contribution in [1.29, 1.82) is 0 Å². The molecule has 0 saturated heterocycles. The van der Waals surface area contributed by atoms with Crippen molar-refractivity contribution in [3.63, 3.8) is 0 Å². The van der Waals surface area contributed by atoms with Gasteiger partial charge in [0.15, 0.2) is 6.04 Å².